The van der Waals surface area contributed by atoms with Gasteiger partial charge in [0.2, 0.25) is 5.91 Å². The third-order valence-electron chi connectivity index (χ3n) is 4.25. The van der Waals surface area contributed by atoms with Gasteiger partial charge in [-0.25, -0.2) is 4.98 Å². The van der Waals surface area contributed by atoms with E-state index < -0.39 is 17.0 Å². The number of furan rings is 1. The largest absolute Gasteiger partial charge is 0.464 e. The highest BCUT2D eigenvalue weighted by Crippen LogP contribution is 2.35. The normalized spacial score (nSPS) is 14.0. The minimum absolute atomic E-state index is 0.0206. The SMILES string of the molecule is O=C(Cc1coc2cc3c(cc12)CCC3)Nc1ncc(C(F)(F)F)s1. The fourth-order valence-corrected chi connectivity index (χ4v) is 3.78. The maximum Gasteiger partial charge on any atom is 0.427 e. The second kappa shape index (κ2) is 5.87. The molecule has 3 aromatic rings. The minimum Gasteiger partial charge on any atom is -0.464 e. The van der Waals surface area contributed by atoms with Crippen LogP contribution in [0.4, 0.5) is 18.3 Å². The van der Waals surface area contributed by atoms with Crippen LogP contribution in [0, 0.1) is 0 Å². The summed E-state index contributed by atoms with van der Waals surface area (Å²) in [6, 6.07) is 4.06. The monoisotopic (exact) mass is 366 g/mol. The molecule has 0 unspecified atom stereocenters. The Hall–Kier alpha value is -2.35. The van der Waals surface area contributed by atoms with E-state index in [1.165, 1.54) is 17.4 Å². The van der Waals surface area contributed by atoms with Gasteiger partial charge in [0.15, 0.2) is 5.13 Å². The zero-order chi connectivity index (χ0) is 17.6. The first-order valence-electron chi connectivity index (χ1n) is 7.75. The van der Waals surface area contributed by atoms with Crippen molar-refractivity contribution in [3.63, 3.8) is 0 Å². The fraction of sp³-hybridized carbons (Fsp3) is 0.294. The molecule has 25 heavy (non-hydrogen) atoms. The predicted molar refractivity (Wildman–Crippen MR) is 87.7 cm³/mol. The van der Waals surface area contributed by atoms with Crippen LogP contribution in [0.2, 0.25) is 0 Å². The zero-order valence-corrected chi connectivity index (χ0v) is 13.8. The van der Waals surface area contributed by atoms with E-state index in [0.717, 1.165) is 42.0 Å². The third kappa shape index (κ3) is 3.13. The molecule has 130 valence electrons. The van der Waals surface area contributed by atoms with Crippen LogP contribution in [0.3, 0.4) is 0 Å². The maximum atomic E-state index is 12.6. The van der Waals surface area contributed by atoms with Crippen LogP contribution in [0.25, 0.3) is 11.0 Å². The number of hydrogen-bond acceptors (Lipinski definition) is 4. The summed E-state index contributed by atoms with van der Waals surface area (Å²) in [6.07, 6.45) is 0.978. The molecule has 0 aliphatic heterocycles. The van der Waals surface area contributed by atoms with Gasteiger partial charge < -0.3 is 9.73 Å². The van der Waals surface area contributed by atoms with E-state index in [9.17, 15) is 18.0 Å². The van der Waals surface area contributed by atoms with E-state index in [4.69, 9.17) is 4.42 Å². The number of anilines is 1. The average Bonchev–Trinajstić information content (AvgIpc) is 3.24. The van der Waals surface area contributed by atoms with Crippen molar-refractivity contribution >= 4 is 33.3 Å². The molecule has 4 nitrogen and oxygen atoms in total. The van der Waals surface area contributed by atoms with E-state index in [2.05, 4.69) is 16.4 Å². The van der Waals surface area contributed by atoms with E-state index in [1.54, 1.807) is 0 Å². The summed E-state index contributed by atoms with van der Waals surface area (Å²) in [4.78, 5) is 14.9. The van der Waals surface area contributed by atoms with Crippen molar-refractivity contribution in [3.8, 4) is 0 Å². The summed E-state index contributed by atoms with van der Waals surface area (Å²) >= 11 is 0.409. The molecule has 0 saturated carbocycles. The van der Waals surface area contributed by atoms with Crippen molar-refractivity contribution in [1.82, 2.24) is 4.98 Å². The highest BCUT2D eigenvalue weighted by molar-refractivity contribution is 7.15. The number of nitrogens with one attached hydrogen (secondary N) is 1. The van der Waals surface area contributed by atoms with Gasteiger partial charge in [-0.3, -0.25) is 4.79 Å². The molecule has 4 rings (SSSR count). The fourth-order valence-electron chi connectivity index (χ4n) is 3.08. The molecule has 1 aliphatic rings. The summed E-state index contributed by atoms with van der Waals surface area (Å²) in [6.45, 7) is 0. The van der Waals surface area contributed by atoms with Gasteiger partial charge in [0.1, 0.15) is 10.5 Å². The second-order valence-corrected chi connectivity index (χ2v) is 7.01. The number of carbonyl (C=O) groups excluding carboxylic acids is 1. The Morgan fingerprint density at radius 1 is 1.28 bits per heavy atom. The molecule has 1 N–H and O–H groups in total. The van der Waals surface area contributed by atoms with E-state index in [1.807, 2.05) is 6.07 Å². The van der Waals surface area contributed by atoms with Gasteiger partial charge in [-0.15, -0.1) is 0 Å². The van der Waals surface area contributed by atoms with Crippen LogP contribution in [0.5, 0.6) is 0 Å². The van der Waals surface area contributed by atoms with Crippen LogP contribution in [0.15, 0.2) is 29.0 Å². The van der Waals surface area contributed by atoms with Crippen LogP contribution >= 0.6 is 11.3 Å². The number of aromatic nitrogens is 1. The Morgan fingerprint density at radius 3 is 2.76 bits per heavy atom. The topological polar surface area (TPSA) is 55.1 Å². The van der Waals surface area contributed by atoms with Gasteiger partial charge in [-0.2, -0.15) is 13.2 Å². The molecule has 0 spiro atoms. The molecular formula is C17H13F3N2O2S. The Morgan fingerprint density at radius 2 is 2.04 bits per heavy atom. The smallest absolute Gasteiger partial charge is 0.427 e. The van der Waals surface area contributed by atoms with Crippen molar-refractivity contribution in [3.05, 3.63) is 46.2 Å². The molecule has 0 bridgehead atoms. The van der Waals surface area contributed by atoms with Crippen molar-refractivity contribution in [1.29, 1.82) is 0 Å². The molecule has 0 fully saturated rings. The van der Waals surface area contributed by atoms with Crippen LogP contribution < -0.4 is 5.32 Å². The van der Waals surface area contributed by atoms with E-state index in [0.29, 0.717) is 11.3 Å². The lowest BCUT2D eigenvalue weighted by atomic mass is 10.0. The first-order chi connectivity index (χ1) is 11.9. The maximum absolute atomic E-state index is 12.6. The molecular weight excluding hydrogens is 353 g/mol. The number of carbonyl (C=O) groups is 1. The number of benzene rings is 1. The Balaban J connectivity index is 1.51. The number of thiazole rings is 1. The average molecular weight is 366 g/mol. The lowest BCUT2D eigenvalue weighted by Gasteiger charge is -2.02. The molecule has 2 heterocycles. The van der Waals surface area contributed by atoms with Crippen molar-refractivity contribution in [2.24, 2.45) is 0 Å². The van der Waals surface area contributed by atoms with Gasteiger partial charge in [0, 0.05) is 10.9 Å². The summed E-state index contributed by atoms with van der Waals surface area (Å²) in [5.74, 6) is -0.425. The summed E-state index contributed by atoms with van der Waals surface area (Å²) in [5.41, 5.74) is 4.00. The highest BCUT2D eigenvalue weighted by Gasteiger charge is 2.33. The highest BCUT2D eigenvalue weighted by atomic mass is 32.1. The second-order valence-electron chi connectivity index (χ2n) is 5.98. The van der Waals surface area contributed by atoms with Crippen molar-refractivity contribution in [2.45, 2.75) is 31.9 Å². The summed E-state index contributed by atoms with van der Waals surface area (Å²) in [5, 5.41) is 3.23. The minimum atomic E-state index is -4.46. The first kappa shape index (κ1) is 16.1. The number of halogens is 3. The number of fused-ring (bicyclic) bond motifs is 2. The summed E-state index contributed by atoms with van der Waals surface area (Å²) in [7, 11) is 0. The Bertz CT molecular complexity index is 959. The standard InChI is InChI=1S/C17H13F3N2O2S/c18-17(19,20)14-7-21-16(25-14)22-15(23)6-11-8-24-13-5-10-3-1-2-9(10)4-12(11)13/h4-5,7-8H,1-3,6H2,(H,21,22,23). The number of aryl methyl sites for hydroxylation is 2. The summed E-state index contributed by atoms with van der Waals surface area (Å²) < 4.78 is 43.3. The van der Waals surface area contributed by atoms with Gasteiger partial charge in [0.05, 0.1) is 18.9 Å². The number of amides is 1. The van der Waals surface area contributed by atoms with E-state index >= 15 is 0 Å². The van der Waals surface area contributed by atoms with Crippen LogP contribution in [0.1, 0.15) is 28.0 Å². The van der Waals surface area contributed by atoms with Gasteiger partial charge >= 0.3 is 6.18 Å². The van der Waals surface area contributed by atoms with Gasteiger partial charge in [0.25, 0.3) is 0 Å². The molecule has 0 saturated heterocycles. The molecule has 8 heteroatoms. The molecule has 2 aromatic heterocycles. The molecule has 1 amide bonds. The lowest BCUT2D eigenvalue weighted by Crippen LogP contribution is -2.13. The van der Waals surface area contributed by atoms with Crippen molar-refractivity contribution < 1.29 is 22.4 Å². The Labute approximate surface area is 144 Å². The zero-order valence-electron chi connectivity index (χ0n) is 12.9. The number of nitrogens with zero attached hydrogens (tertiary/aromatic N) is 1. The third-order valence-corrected chi connectivity index (χ3v) is 5.21. The van der Waals surface area contributed by atoms with Gasteiger partial charge in [-0.05, 0) is 42.5 Å². The van der Waals surface area contributed by atoms with Crippen LogP contribution in [-0.4, -0.2) is 10.9 Å². The Kier molecular flexibility index (Phi) is 3.79. The molecule has 1 aliphatic carbocycles. The van der Waals surface area contributed by atoms with Crippen LogP contribution in [-0.2, 0) is 30.2 Å². The van der Waals surface area contributed by atoms with E-state index in [-0.39, 0.29) is 11.6 Å². The number of hydrogen-bond donors (Lipinski definition) is 1. The van der Waals surface area contributed by atoms with Gasteiger partial charge in [-0.1, -0.05) is 11.3 Å². The molecule has 0 radical (unpaired) electrons. The number of rotatable bonds is 3. The van der Waals surface area contributed by atoms with Crippen molar-refractivity contribution in [2.75, 3.05) is 5.32 Å². The quantitative estimate of drug-likeness (QED) is 0.738. The predicted octanol–water partition coefficient (Wildman–Crippen LogP) is 4.58. The lowest BCUT2D eigenvalue weighted by molar-refractivity contribution is -0.134. The first-order valence-corrected chi connectivity index (χ1v) is 8.56. The molecule has 1 aromatic carbocycles. The number of alkyl halides is 3. The molecule has 0 atom stereocenters.